The summed E-state index contributed by atoms with van der Waals surface area (Å²) in [4.78, 5) is 9.25. The van der Waals surface area contributed by atoms with Crippen molar-refractivity contribution in [3.63, 3.8) is 0 Å². The van der Waals surface area contributed by atoms with Gasteiger partial charge in [0.15, 0.2) is 0 Å². The van der Waals surface area contributed by atoms with Crippen LogP contribution in [0.2, 0.25) is 0 Å². The summed E-state index contributed by atoms with van der Waals surface area (Å²) in [6, 6.07) is 14.7. The highest BCUT2D eigenvalue weighted by Gasteiger charge is 2.25. The second-order valence-corrected chi connectivity index (χ2v) is 7.95. The van der Waals surface area contributed by atoms with E-state index in [9.17, 15) is 0 Å². The molecule has 0 spiro atoms. The molecule has 3 aromatic heterocycles. The topological polar surface area (TPSA) is 48.5 Å². The molecule has 0 aliphatic rings. The predicted octanol–water partition coefficient (Wildman–Crippen LogP) is 5.29. The molecule has 0 saturated carbocycles. The number of aryl methyl sites for hydroxylation is 2. The summed E-state index contributed by atoms with van der Waals surface area (Å²) in [5.41, 5.74) is 6.51. The van der Waals surface area contributed by atoms with Crippen LogP contribution in [0.3, 0.4) is 0 Å². The van der Waals surface area contributed by atoms with Gasteiger partial charge in [0.1, 0.15) is 0 Å². The largest absolute Gasteiger partial charge is 0.322 e. The summed E-state index contributed by atoms with van der Waals surface area (Å²) in [5, 5.41) is 4.60. The Bertz CT molecular complexity index is 1080. The molecule has 5 nitrogen and oxygen atoms in total. The Kier molecular flexibility index (Phi) is 5.30. The SMILES string of the molecule is Cc1nn(C)cc1-c1c(-c2ccccc2)ncn1[C@H](CC(C)C)c1cccnc1. The average Bonchev–Trinajstić information content (AvgIpc) is 3.29. The number of nitrogens with zero attached hydrogens (tertiary/aromatic N) is 5. The van der Waals surface area contributed by atoms with Crippen molar-refractivity contribution in [2.75, 3.05) is 0 Å². The van der Waals surface area contributed by atoms with Crippen molar-refractivity contribution < 1.29 is 0 Å². The van der Waals surface area contributed by atoms with Gasteiger partial charge in [-0.05, 0) is 30.9 Å². The molecule has 1 aromatic carbocycles. The number of benzene rings is 1. The van der Waals surface area contributed by atoms with Gasteiger partial charge in [0.2, 0.25) is 0 Å². The van der Waals surface area contributed by atoms with E-state index < -0.39 is 0 Å². The zero-order valence-corrected chi connectivity index (χ0v) is 17.4. The highest BCUT2D eigenvalue weighted by atomic mass is 15.3. The quantitative estimate of drug-likeness (QED) is 0.453. The Labute approximate surface area is 172 Å². The van der Waals surface area contributed by atoms with E-state index >= 15 is 0 Å². The number of hydrogen-bond donors (Lipinski definition) is 0. The van der Waals surface area contributed by atoms with E-state index in [1.807, 2.05) is 42.6 Å². The number of imidazole rings is 1. The molecule has 0 aliphatic heterocycles. The van der Waals surface area contributed by atoms with Gasteiger partial charge < -0.3 is 4.57 Å². The van der Waals surface area contributed by atoms with Gasteiger partial charge in [0, 0.05) is 36.8 Å². The molecule has 0 unspecified atom stereocenters. The van der Waals surface area contributed by atoms with Gasteiger partial charge in [-0.1, -0.05) is 50.2 Å². The van der Waals surface area contributed by atoms with Crippen molar-refractivity contribution >= 4 is 0 Å². The van der Waals surface area contributed by atoms with E-state index in [0.29, 0.717) is 5.92 Å². The normalized spacial score (nSPS) is 12.4. The van der Waals surface area contributed by atoms with Crippen LogP contribution in [-0.4, -0.2) is 24.3 Å². The van der Waals surface area contributed by atoms with Crippen LogP contribution in [0.5, 0.6) is 0 Å². The number of hydrogen-bond acceptors (Lipinski definition) is 3. The highest BCUT2D eigenvalue weighted by Crippen LogP contribution is 2.37. The number of aromatic nitrogens is 5. The Morgan fingerprint density at radius 2 is 1.83 bits per heavy atom. The van der Waals surface area contributed by atoms with Crippen LogP contribution >= 0.6 is 0 Å². The molecule has 0 bridgehead atoms. The van der Waals surface area contributed by atoms with Crippen LogP contribution in [0.15, 0.2) is 67.4 Å². The van der Waals surface area contributed by atoms with Gasteiger partial charge in [-0.15, -0.1) is 0 Å². The van der Waals surface area contributed by atoms with Crippen molar-refractivity contribution in [3.8, 4) is 22.5 Å². The molecule has 0 amide bonds. The third kappa shape index (κ3) is 3.86. The molecule has 0 saturated heterocycles. The molecule has 0 N–H and O–H groups in total. The van der Waals surface area contributed by atoms with Crippen molar-refractivity contribution in [3.05, 3.63) is 78.6 Å². The van der Waals surface area contributed by atoms with Crippen LogP contribution in [0.1, 0.15) is 37.6 Å². The average molecular weight is 386 g/mol. The van der Waals surface area contributed by atoms with Gasteiger partial charge in [-0.2, -0.15) is 5.10 Å². The minimum atomic E-state index is 0.156. The first-order chi connectivity index (χ1) is 14.0. The van der Waals surface area contributed by atoms with E-state index in [1.165, 1.54) is 5.56 Å². The monoisotopic (exact) mass is 385 g/mol. The minimum Gasteiger partial charge on any atom is -0.322 e. The third-order valence-corrected chi connectivity index (χ3v) is 5.21. The molecule has 4 rings (SSSR count). The van der Waals surface area contributed by atoms with Crippen LogP contribution in [0, 0.1) is 12.8 Å². The van der Waals surface area contributed by atoms with Crippen LogP contribution in [0.25, 0.3) is 22.5 Å². The fraction of sp³-hybridized carbons (Fsp3) is 0.292. The Balaban J connectivity index is 1.95. The number of rotatable bonds is 6. The summed E-state index contributed by atoms with van der Waals surface area (Å²) in [7, 11) is 1.96. The predicted molar refractivity (Wildman–Crippen MR) is 116 cm³/mol. The minimum absolute atomic E-state index is 0.156. The maximum absolute atomic E-state index is 4.87. The Morgan fingerprint density at radius 3 is 2.45 bits per heavy atom. The zero-order valence-electron chi connectivity index (χ0n) is 17.4. The lowest BCUT2D eigenvalue weighted by molar-refractivity contribution is 0.453. The van der Waals surface area contributed by atoms with Crippen LogP contribution in [0.4, 0.5) is 0 Å². The maximum Gasteiger partial charge on any atom is 0.0964 e. The number of pyridine rings is 1. The summed E-state index contributed by atoms with van der Waals surface area (Å²) in [5.74, 6) is 0.533. The summed E-state index contributed by atoms with van der Waals surface area (Å²) in [6.45, 7) is 6.57. The molecular weight excluding hydrogens is 358 g/mol. The second-order valence-electron chi connectivity index (χ2n) is 7.95. The van der Waals surface area contributed by atoms with Gasteiger partial charge in [0.05, 0.1) is 29.5 Å². The van der Waals surface area contributed by atoms with Crippen LogP contribution < -0.4 is 0 Å². The molecule has 0 aliphatic carbocycles. The smallest absolute Gasteiger partial charge is 0.0964 e. The van der Waals surface area contributed by atoms with Crippen LogP contribution in [-0.2, 0) is 7.05 Å². The second kappa shape index (κ2) is 8.03. The molecule has 4 aromatic rings. The standard InChI is InChI=1S/C24H27N5/c1-17(2)13-22(20-11-8-12-25-14-20)29-16-26-23(19-9-6-5-7-10-19)24(29)21-15-28(4)27-18(21)3/h5-12,14-17,22H,13H2,1-4H3/t22-/m1/s1. The Morgan fingerprint density at radius 1 is 1.03 bits per heavy atom. The molecule has 148 valence electrons. The lowest BCUT2D eigenvalue weighted by atomic mass is 9.96. The molecular formula is C24H27N5. The molecule has 5 heteroatoms. The highest BCUT2D eigenvalue weighted by molar-refractivity contribution is 5.79. The molecule has 0 radical (unpaired) electrons. The molecule has 1 atom stereocenters. The Hall–Kier alpha value is -3.21. The van der Waals surface area contributed by atoms with E-state index in [-0.39, 0.29) is 6.04 Å². The fourth-order valence-corrected chi connectivity index (χ4v) is 3.93. The summed E-state index contributed by atoms with van der Waals surface area (Å²) < 4.78 is 4.18. The van der Waals surface area contributed by atoms with E-state index in [1.54, 1.807) is 0 Å². The van der Waals surface area contributed by atoms with Crippen molar-refractivity contribution in [1.29, 1.82) is 0 Å². The summed E-state index contributed by atoms with van der Waals surface area (Å²) in [6.07, 6.45) is 8.86. The van der Waals surface area contributed by atoms with E-state index in [4.69, 9.17) is 4.98 Å². The van der Waals surface area contributed by atoms with Gasteiger partial charge in [-0.3, -0.25) is 9.67 Å². The zero-order chi connectivity index (χ0) is 20.4. The van der Waals surface area contributed by atoms with Gasteiger partial charge >= 0.3 is 0 Å². The first kappa shape index (κ1) is 19.1. The van der Waals surface area contributed by atoms with E-state index in [2.05, 4.69) is 71.9 Å². The molecule has 0 fully saturated rings. The summed E-state index contributed by atoms with van der Waals surface area (Å²) >= 11 is 0. The van der Waals surface area contributed by atoms with Crippen molar-refractivity contribution in [2.45, 2.75) is 33.2 Å². The molecule has 3 heterocycles. The first-order valence-corrected chi connectivity index (χ1v) is 10.1. The lowest BCUT2D eigenvalue weighted by Crippen LogP contribution is -2.14. The first-order valence-electron chi connectivity index (χ1n) is 10.1. The maximum atomic E-state index is 4.87. The van der Waals surface area contributed by atoms with Gasteiger partial charge in [0.25, 0.3) is 0 Å². The van der Waals surface area contributed by atoms with Crippen molar-refractivity contribution in [1.82, 2.24) is 24.3 Å². The molecule has 29 heavy (non-hydrogen) atoms. The third-order valence-electron chi connectivity index (χ3n) is 5.21. The van der Waals surface area contributed by atoms with Crippen molar-refractivity contribution in [2.24, 2.45) is 13.0 Å². The lowest BCUT2D eigenvalue weighted by Gasteiger charge is -2.23. The van der Waals surface area contributed by atoms with E-state index in [0.717, 1.165) is 34.6 Å². The fourth-order valence-electron chi connectivity index (χ4n) is 3.93. The van der Waals surface area contributed by atoms with Gasteiger partial charge in [-0.25, -0.2) is 4.98 Å².